The molecule has 1 N–H and O–H groups in total. The van der Waals surface area contributed by atoms with E-state index >= 15 is 0 Å². The molecule has 3 aromatic rings. The number of ether oxygens (including phenoxy) is 1. The summed E-state index contributed by atoms with van der Waals surface area (Å²) in [4.78, 5) is 13.0. The van der Waals surface area contributed by atoms with Crippen LogP contribution in [0.25, 0.3) is 11.3 Å². The minimum absolute atomic E-state index is 0.0237. The largest absolute Gasteiger partial charge is 0.497 e. The number of amides is 1. The molecule has 162 valence electrons. The monoisotopic (exact) mass is 439 g/mol. The molecule has 0 spiro atoms. The molecule has 1 saturated heterocycles. The summed E-state index contributed by atoms with van der Waals surface area (Å²) in [5.74, 6) is 0.536. The van der Waals surface area contributed by atoms with Crippen LogP contribution in [0.4, 0.5) is 5.69 Å². The molecule has 2 heterocycles. The minimum atomic E-state index is -3.10. The van der Waals surface area contributed by atoms with E-state index in [1.165, 1.54) is 0 Å². The maximum Gasteiger partial charge on any atom is 0.276 e. The Balaban J connectivity index is 1.71. The Morgan fingerprint density at radius 3 is 2.55 bits per heavy atom. The number of aryl methyl sites for hydroxylation is 1. The first kappa shape index (κ1) is 21.1. The summed E-state index contributed by atoms with van der Waals surface area (Å²) in [6.07, 6.45) is 0.477. The molecule has 0 radical (unpaired) electrons. The number of anilines is 1. The first-order valence-corrected chi connectivity index (χ1v) is 11.9. The Morgan fingerprint density at radius 2 is 1.90 bits per heavy atom. The molecule has 0 bridgehead atoms. The summed E-state index contributed by atoms with van der Waals surface area (Å²) >= 11 is 0. The molecule has 1 aliphatic rings. The van der Waals surface area contributed by atoms with Crippen LogP contribution >= 0.6 is 0 Å². The SMILES string of the molecule is COc1ccc(-c2cc(C(=O)Nc3cccc(C)c3C)nn2C2CCS(=O)(=O)C2)cc1. The number of hydrogen-bond acceptors (Lipinski definition) is 5. The molecule has 1 unspecified atom stereocenters. The summed E-state index contributed by atoms with van der Waals surface area (Å²) in [7, 11) is -1.51. The molecule has 1 amide bonds. The van der Waals surface area contributed by atoms with E-state index in [1.54, 1.807) is 17.9 Å². The topological polar surface area (TPSA) is 90.3 Å². The highest BCUT2D eigenvalue weighted by Crippen LogP contribution is 2.31. The van der Waals surface area contributed by atoms with Crippen LogP contribution in [-0.4, -0.2) is 42.7 Å². The molecule has 7 nitrogen and oxygen atoms in total. The van der Waals surface area contributed by atoms with Gasteiger partial charge in [-0.05, 0) is 67.8 Å². The number of rotatable bonds is 5. The van der Waals surface area contributed by atoms with Gasteiger partial charge in [-0.25, -0.2) is 8.42 Å². The Kier molecular flexibility index (Phi) is 5.58. The van der Waals surface area contributed by atoms with Crippen molar-refractivity contribution in [2.75, 3.05) is 23.9 Å². The van der Waals surface area contributed by atoms with Crippen LogP contribution in [-0.2, 0) is 9.84 Å². The zero-order valence-electron chi connectivity index (χ0n) is 17.8. The summed E-state index contributed by atoms with van der Waals surface area (Å²) in [5, 5.41) is 7.47. The third-order valence-corrected chi connectivity index (χ3v) is 7.51. The van der Waals surface area contributed by atoms with Crippen LogP contribution in [0.2, 0.25) is 0 Å². The number of nitrogens with one attached hydrogen (secondary N) is 1. The van der Waals surface area contributed by atoms with Gasteiger partial charge in [-0.1, -0.05) is 12.1 Å². The molecule has 1 atom stereocenters. The van der Waals surface area contributed by atoms with E-state index in [-0.39, 0.29) is 29.1 Å². The first-order chi connectivity index (χ1) is 14.8. The van der Waals surface area contributed by atoms with Crippen molar-refractivity contribution in [1.82, 2.24) is 9.78 Å². The average molecular weight is 440 g/mol. The summed E-state index contributed by atoms with van der Waals surface area (Å²) in [6.45, 7) is 3.94. The fourth-order valence-electron chi connectivity index (χ4n) is 3.80. The second-order valence-electron chi connectivity index (χ2n) is 7.85. The number of carbonyl (C=O) groups excluding carboxylic acids is 1. The van der Waals surface area contributed by atoms with Crippen LogP contribution in [0.3, 0.4) is 0 Å². The number of sulfone groups is 1. The van der Waals surface area contributed by atoms with Gasteiger partial charge in [0.1, 0.15) is 5.75 Å². The van der Waals surface area contributed by atoms with Crippen molar-refractivity contribution in [2.24, 2.45) is 0 Å². The van der Waals surface area contributed by atoms with Crippen molar-refractivity contribution in [1.29, 1.82) is 0 Å². The molecule has 31 heavy (non-hydrogen) atoms. The maximum atomic E-state index is 13.0. The van der Waals surface area contributed by atoms with Gasteiger partial charge in [0.2, 0.25) is 0 Å². The van der Waals surface area contributed by atoms with Crippen molar-refractivity contribution < 1.29 is 17.9 Å². The quantitative estimate of drug-likeness (QED) is 0.653. The van der Waals surface area contributed by atoms with Gasteiger partial charge in [0.05, 0.1) is 30.4 Å². The lowest BCUT2D eigenvalue weighted by molar-refractivity contribution is 0.102. The van der Waals surface area contributed by atoms with Crippen LogP contribution in [0.1, 0.15) is 34.1 Å². The van der Waals surface area contributed by atoms with Crippen molar-refractivity contribution in [3.05, 3.63) is 65.4 Å². The highest BCUT2D eigenvalue weighted by atomic mass is 32.2. The molecular formula is C23H25N3O4S. The van der Waals surface area contributed by atoms with E-state index in [4.69, 9.17) is 4.74 Å². The number of nitrogens with zero attached hydrogens (tertiary/aromatic N) is 2. The second kappa shape index (κ2) is 8.19. The van der Waals surface area contributed by atoms with Gasteiger partial charge in [-0.15, -0.1) is 0 Å². The Bertz CT molecular complexity index is 1230. The average Bonchev–Trinajstić information content (AvgIpc) is 3.35. The highest BCUT2D eigenvalue weighted by molar-refractivity contribution is 7.91. The number of benzene rings is 2. The van der Waals surface area contributed by atoms with Gasteiger partial charge in [0, 0.05) is 11.3 Å². The highest BCUT2D eigenvalue weighted by Gasteiger charge is 2.32. The predicted molar refractivity (Wildman–Crippen MR) is 120 cm³/mol. The third-order valence-electron chi connectivity index (χ3n) is 5.76. The van der Waals surface area contributed by atoms with E-state index in [1.807, 2.05) is 56.3 Å². The van der Waals surface area contributed by atoms with E-state index in [9.17, 15) is 13.2 Å². The fraction of sp³-hybridized carbons (Fsp3) is 0.304. The van der Waals surface area contributed by atoms with Crippen LogP contribution in [0.15, 0.2) is 48.5 Å². The van der Waals surface area contributed by atoms with Gasteiger partial charge < -0.3 is 10.1 Å². The number of methoxy groups -OCH3 is 1. The lowest BCUT2D eigenvalue weighted by Crippen LogP contribution is -2.17. The van der Waals surface area contributed by atoms with Gasteiger partial charge in [-0.3, -0.25) is 9.48 Å². The standard InChI is InChI=1S/C23H25N3O4S/c1-15-5-4-6-20(16(15)2)24-23(27)21-13-22(17-7-9-19(30-3)10-8-17)26(25-21)18-11-12-31(28,29)14-18/h4-10,13,18H,11-12,14H2,1-3H3,(H,24,27). The van der Waals surface area contributed by atoms with E-state index in [0.29, 0.717) is 17.9 Å². The molecule has 1 aliphatic heterocycles. The predicted octanol–water partition coefficient (Wildman–Crippen LogP) is 3.79. The Labute approximate surface area is 182 Å². The molecule has 8 heteroatoms. The molecule has 1 aromatic heterocycles. The molecule has 0 saturated carbocycles. The lowest BCUT2D eigenvalue weighted by Gasteiger charge is -2.13. The van der Waals surface area contributed by atoms with Crippen molar-refractivity contribution in [3.63, 3.8) is 0 Å². The van der Waals surface area contributed by atoms with Gasteiger partial charge in [0.25, 0.3) is 5.91 Å². The number of carbonyl (C=O) groups is 1. The normalized spacial score (nSPS) is 17.5. The first-order valence-electron chi connectivity index (χ1n) is 10.1. The fourth-order valence-corrected chi connectivity index (χ4v) is 5.49. The lowest BCUT2D eigenvalue weighted by atomic mass is 10.1. The van der Waals surface area contributed by atoms with E-state index < -0.39 is 9.84 Å². The third kappa shape index (κ3) is 4.34. The molecule has 1 fully saturated rings. The zero-order chi connectivity index (χ0) is 22.2. The summed E-state index contributed by atoms with van der Waals surface area (Å²) < 4.78 is 31.0. The van der Waals surface area contributed by atoms with Crippen LogP contribution < -0.4 is 10.1 Å². The molecule has 0 aliphatic carbocycles. The second-order valence-corrected chi connectivity index (χ2v) is 10.1. The number of hydrogen-bond donors (Lipinski definition) is 1. The van der Waals surface area contributed by atoms with Gasteiger partial charge in [0.15, 0.2) is 15.5 Å². The Hall–Kier alpha value is -3.13. The van der Waals surface area contributed by atoms with Crippen LogP contribution in [0, 0.1) is 13.8 Å². The van der Waals surface area contributed by atoms with E-state index in [2.05, 4.69) is 10.4 Å². The smallest absolute Gasteiger partial charge is 0.276 e. The van der Waals surface area contributed by atoms with E-state index in [0.717, 1.165) is 22.4 Å². The maximum absolute atomic E-state index is 13.0. The molecular weight excluding hydrogens is 414 g/mol. The van der Waals surface area contributed by atoms with Crippen molar-refractivity contribution in [2.45, 2.75) is 26.3 Å². The molecule has 4 rings (SSSR count). The van der Waals surface area contributed by atoms with Crippen LogP contribution in [0.5, 0.6) is 5.75 Å². The zero-order valence-corrected chi connectivity index (χ0v) is 18.6. The Morgan fingerprint density at radius 1 is 1.16 bits per heavy atom. The van der Waals surface area contributed by atoms with Gasteiger partial charge >= 0.3 is 0 Å². The summed E-state index contributed by atoms with van der Waals surface area (Å²) in [5.41, 5.74) is 4.59. The van der Waals surface area contributed by atoms with Gasteiger partial charge in [-0.2, -0.15) is 5.10 Å². The van der Waals surface area contributed by atoms with Crippen molar-refractivity contribution >= 4 is 21.4 Å². The number of aromatic nitrogens is 2. The van der Waals surface area contributed by atoms with Crippen molar-refractivity contribution in [3.8, 4) is 17.0 Å². The minimum Gasteiger partial charge on any atom is -0.497 e. The molecule has 2 aromatic carbocycles. The summed E-state index contributed by atoms with van der Waals surface area (Å²) in [6, 6.07) is 14.6.